The second-order valence-corrected chi connectivity index (χ2v) is 10.1. The van der Waals surface area contributed by atoms with Gasteiger partial charge >= 0.3 is 0 Å². The van der Waals surface area contributed by atoms with Crippen molar-refractivity contribution in [3.05, 3.63) is 65.0 Å². The van der Waals surface area contributed by atoms with E-state index in [1.165, 1.54) is 17.7 Å². The number of hydrogen-bond donors (Lipinski definition) is 0. The first-order chi connectivity index (χ1) is 17.0. The third-order valence-corrected chi connectivity index (χ3v) is 7.86. The quantitative estimate of drug-likeness (QED) is 0.568. The van der Waals surface area contributed by atoms with Gasteiger partial charge in [0.05, 0.1) is 6.04 Å². The van der Waals surface area contributed by atoms with Crippen LogP contribution in [0.15, 0.2) is 42.5 Å². The number of rotatable bonds is 6. The molecular weight excluding hydrogens is 443 g/mol. The van der Waals surface area contributed by atoms with Crippen LogP contribution in [0.4, 0.5) is 4.39 Å². The van der Waals surface area contributed by atoms with Gasteiger partial charge in [0.25, 0.3) is 5.91 Å². The SMILES string of the molecule is CCC(Oc1ccc2c(c1)C(c1ccc(F)cc1)N(C(=O)C1CCCC1)CC2)C(=O)N1CCCC1. The number of fused-ring (bicyclic) bond motifs is 1. The van der Waals surface area contributed by atoms with Gasteiger partial charge in [-0.1, -0.05) is 38.0 Å². The van der Waals surface area contributed by atoms with Gasteiger partial charge in [0.1, 0.15) is 11.6 Å². The van der Waals surface area contributed by atoms with Crippen LogP contribution in [0.2, 0.25) is 0 Å². The minimum Gasteiger partial charge on any atom is -0.481 e. The van der Waals surface area contributed by atoms with Crippen molar-refractivity contribution in [1.82, 2.24) is 9.80 Å². The molecule has 2 heterocycles. The number of carbonyl (C=O) groups excluding carboxylic acids is 2. The van der Waals surface area contributed by atoms with Crippen molar-refractivity contribution >= 4 is 11.8 Å². The molecule has 2 amide bonds. The number of hydrogen-bond acceptors (Lipinski definition) is 3. The molecule has 0 aromatic heterocycles. The zero-order chi connectivity index (χ0) is 24.4. The van der Waals surface area contributed by atoms with Crippen LogP contribution < -0.4 is 4.74 Å². The standard InChI is InChI=1S/C29H35FN2O3/c1-2-26(29(34)31-16-5-6-17-31)35-24-14-11-20-15-18-32(28(33)22-7-3-4-8-22)27(25(20)19-24)21-9-12-23(30)13-10-21/h9-14,19,22,26-27H,2-8,15-18H2,1H3. The molecule has 2 atom stereocenters. The van der Waals surface area contributed by atoms with Crippen LogP contribution in [0.25, 0.3) is 0 Å². The van der Waals surface area contributed by atoms with Crippen LogP contribution in [0.1, 0.15) is 74.6 Å². The Morgan fingerprint density at radius 2 is 1.71 bits per heavy atom. The van der Waals surface area contributed by atoms with Crippen LogP contribution >= 0.6 is 0 Å². The molecule has 186 valence electrons. The molecule has 2 fully saturated rings. The maximum absolute atomic E-state index is 13.8. The van der Waals surface area contributed by atoms with Gasteiger partial charge in [-0.15, -0.1) is 0 Å². The Morgan fingerprint density at radius 3 is 2.40 bits per heavy atom. The summed E-state index contributed by atoms with van der Waals surface area (Å²) in [5, 5.41) is 0. The minimum atomic E-state index is -0.518. The Bertz CT molecular complexity index is 1060. The lowest BCUT2D eigenvalue weighted by Gasteiger charge is -2.39. The van der Waals surface area contributed by atoms with Crippen molar-refractivity contribution < 1.29 is 18.7 Å². The van der Waals surface area contributed by atoms with Crippen molar-refractivity contribution in [2.75, 3.05) is 19.6 Å². The highest BCUT2D eigenvalue weighted by atomic mass is 19.1. The molecule has 0 radical (unpaired) electrons. The van der Waals surface area contributed by atoms with Gasteiger partial charge in [0.2, 0.25) is 5.91 Å². The van der Waals surface area contributed by atoms with Crippen molar-refractivity contribution in [3.63, 3.8) is 0 Å². The molecule has 1 saturated heterocycles. The van der Waals surface area contributed by atoms with Crippen LogP contribution in [0.3, 0.4) is 0 Å². The summed E-state index contributed by atoms with van der Waals surface area (Å²) in [6.07, 6.45) is 7.03. The Morgan fingerprint density at radius 1 is 1.00 bits per heavy atom. The monoisotopic (exact) mass is 478 g/mol. The summed E-state index contributed by atoms with van der Waals surface area (Å²) in [5.74, 6) is 0.675. The maximum Gasteiger partial charge on any atom is 0.263 e. The molecule has 0 spiro atoms. The smallest absolute Gasteiger partial charge is 0.263 e. The summed E-state index contributed by atoms with van der Waals surface area (Å²) in [4.78, 5) is 30.5. The molecule has 0 bridgehead atoms. The van der Waals surface area contributed by atoms with E-state index in [1.54, 1.807) is 12.1 Å². The molecule has 5 nitrogen and oxygen atoms in total. The summed E-state index contributed by atoms with van der Waals surface area (Å²) >= 11 is 0. The molecule has 5 rings (SSSR count). The van der Waals surface area contributed by atoms with E-state index in [0.29, 0.717) is 18.7 Å². The Balaban J connectivity index is 1.46. The molecule has 2 aromatic rings. The average molecular weight is 479 g/mol. The van der Waals surface area contributed by atoms with E-state index in [4.69, 9.17) is 4.74 Å². The zero-order valence-electron chi connectivity index (χ0n) is 20.5. The van der Waals surface area contributed by atoms with E-state index >= 15 is 0 Å². The molecule has 3 aliphatic rings. The molecule has 1 aliphatic carbocycles. The van der Waals surface area contributed by atoms with Gasteiger partial charge in [-0.3, -0.25) is 9.59 Å². The Labute approximate surface area is 207 Å². The summed E-state index contributed by atoms with van der Waals surface area (Å²) in [6.45, 7) is 4.22. The number of likely N-dealkylation sites (tertiary alicyclic amines) is 1. The van der Waals surface area contributed by atoms with Crippen molar-refractivity contribution in [2.45, 2.75) is 70.4 Å². The van der Waals surface area contributed by atoms with Crippen LogP contribution in [-0.4, -0.2) is 47.4 Å². The van der Waals surface area contributed by atoms with E-state index in [0.717, 1.165) is 69.2 Å². The molecule has 2 aliphatic heterocycles. The molecule has 2 aromatic carbocycles. The van der Waals surface area contributed by atoms with Gasteiger partial charge in [-0.25, -0.2) is 4.39 Å². The largest absolute Gasteiger partial charge is 0.481 e. The van der Waals surface area contributed by atoms with E-state index < -0.39 is 6.10 Å². The first-order valence-electron chi connectivity index (χ1n) is 13.2. The topological polar surface area (TPSA) is 49.9 Å². The molecule has 1 saturated carbocycles. The maximum atomic E-state index is 13.8. The minimum absolute atomic E-state index is 0.0517. The lowest BCUT2D eigenvalue weighted by molar-refractivity contribution is -0.138. The fourth-order valence-corrected chi connectivity index (χ4v) is 5.93. The normalized spacial score (nSPS) is 21.1. The summed E-state index contributed by atoms with van der Waals surface area (Å²) in [6, 6.07) is 12.2. The highest BCUT2D eigenvalue weighted by Gasteiger charge is 2.37. The molecule has 2 unspecified atom stereocenters. The van der Waals surface area contributed by atoms with Gasteiger partial charge in [-0.05, 0) is 79.5 Å². The number of ether oxygens (including phenoxy) is 1. The van der Waals surface area contributed by atoms with Crippen molar-refractivity contribution in [1.29, 1.82) is 0 Å². The summed E-state index contributed by atoms with van der Waals surface area (Å²) < 4.78 is 20.0. The van der Waals surface area contributed by atoms with E-state index in [-0.39, 0.29) is 29.6 Å². The molecule has 0 N–H and O–H groups in total. The summed E-state index contributed by atoms with van der Waals surface area (Å²) in [5.41, 5.74) is 3.08. The van der Waals surface area contributed by atoms with Crippen molar-refractivity contribution in [2.24, 2.45) is 5.92 Å². The van der Waals surface area contributed by atoms with Gasteiger partial charge in [-0.2, -0.15) is 0 Å². The van der Waals surface area contributed by atoms with Crippen LogP contribution in [0, 0.1) is 11.7 Å². The van der Waals surface area contributed by atoms with E-state index in [2.05, 4.69) is 6.07 Å². The van der Waals surface area contributed by atoms with Gasteiger partial charge in [0.15, 0.2) is 6.10 Å². The third kappa shape index (κ3) is 4.93. The Hall–Kier alpha value is -2.89. The molecular formula is C29H35FN2O3. The second kappa shape index (κ2) is 10.4. The number of halogens is 1. The average Bonchev–Trinajstić information content (AvgIpc) is 3.61. The first-order valence-corrected chi connectivity index (χ1v) is 13.2. The second-order valence-electron chi connectivity index (χ2n) is 10.1. The zero-order valence-corrected chi connectivity index (χ0v) is 20.5. The highest BCUT2D eigenvalue weighted by molar-refractivity contribution is 5.82. The summed E-state index contributed by atoms with van der Waals surface area (Å²) in [7, 11) is 0. The van der Waals surface area contributed by atoms with E-state index in [9.17, 15) is 14.0 Å². The van der Waals surface area contributed by atoms with Crippen LogP contribution in [0.5, 0.6) is 5.75 Å². The fourth-order valence-electron chi connectivity index (χ4n) is 5.93. The molecule has 6 heteroatoms. The number of amides is 2. The highest BCUT2D eigenvalue weighted by Crippen LogP contribution is 2.40. The van der Waals surface area contributed by atoms with Crippen LogP contribution in [-0.2, 0) is 16.0 Å². The predicted molar refractivity (Wildman–Crippen MR) is 133 cm³/mol. The van der Waals surface area contributed by atoms with Crippen molar-refractivity contribution in [3.8, 4) is 5.75 Å². The predicted octanol–water partition coefficient (Wildman–Crippen LogP) is 5.27. The fraction of sp³-hybridized carbons (Fsp3) is 0.517. The van der Waals surface area contributed by atoms with Gasteiger partial charge < -0.3 is 14.5 Å². The first kappa shape index (κ1) is 23.8. The number of benzene rings is 2. The Kier molecular flexibility index (Phi) is 7.07. The lowest BCUT2D eigenvalue weighted by atomic mass is 9.87. The lowest BCUT2D eigenvalue weighted by Crippen LogP contribution is -2.43. The van der Waals surface area contributed by atoms with Gasteiger partial charge in [0, 0.05) is 25.6 Å². The third-order valence-electron chi connectivity index (χ3n) is 7.86. The number of nitrogens with zero attached hydrogens (tertiary/aromatic N) is 2. The molecule has 35 heavy (non-hydrogen) atoms. The van der Waals surface area contributed by atoms with E-state index in [1.807, 2.05) is 28.9 Å². The number of carbonyl (C=O) groups is 2.